The van der Waals surface area contributed by atoms with Crippen molar-refractivity contribution in [2.45, 2.75) is 45.1 Å². The standard InChI is InChI=1S/C20H28N4O3/c1-14(2)24-19(21-22(3)20(24)26)16-6-5-11-23(13-16)18(25)12-15-7-9-17(27-4)10-8-15/h7-10,14,16H,5-6,11-13H2,1-4H3. The van der Waals surface area contributed by atoms with E-state index in [0.717, 1.165) is 36.5 Å². The Hall–Kier alpha value is -2.57. The van der Waals surface area contributed by atoms with E-state index >= 15 is 0 Å². The highest BCUT2D eigenvalue weighted by molar-refractivity contribution is 5.79. The van der Waals surface area contributed by atoms with Gasteiger partial charge in [-0.15, -0.1) is 0 Å². The van der Waals surface area contributed by atoms with E-state index < -0.39 is 0 Å². The lowest BCUT2D eigenvalue weighted by Gasteiger charge is -2.32. The molecule has 1 fully saturated rings. The largest absolute Gasteiger partial charge is 0.497 e. The van der Waals surface area contributed by atoms with Gasteiger partial charge in [-0.05, 0) is 44.4 Å². The van der Waals surface area contributed by atoms with Gasteiger partial charge in [-0.25, -0.2) is 9.48 Å². The number of likely N-dealkylation sites (tertiary alicyclic amines) is 1. The number of carbonyl (C=O) groups is 1. The van der Waals surface area contributed by atoms with E-state index in [-0.39, 0.29) is 23.6 Å². The third-order valence-corrected chi connectivity index (χ3v) is 5.15. The fourth-order valence-electron chi connectivity index (χ4n) is 3.71. The molecule has 0 radical (unpaired) electrons. The quantitative estimate of drug-likeness (QED) is 0.806. The molecule has 0 N–H and O–H groups in total. The third kappa shape index (κ3) is 4.07. The van der Waals surface area contributed by atoms with E-state index in [1.54, 1.807) is 18.7 Å². The lowest BCUT2D eigenvalue weighted by Crippen LogP contribution is -2.41. The summed E-state index contributed by atoms with van der Waals surface area (Å²) in [7, 11) is 3.31. The number of amides is 1. The molecule has 1 unspecified atom stereocenters. The van der Waals surface area contributed by atoms with Crippen LogP contribution in [0.3, 0.4) is 0 Å². The summed E-state index contributed by atoms with van der Waals surface area (Å²) in [6.45, 7) is 5.34. The number of aryl methyl sites for hydroxylation is 1. The molecular weight excluding hydrogens is 344 g/mol. The van der Waals surface area contributed by atoms with Crippen molar-refractivity contribution in [3.8, 4) is 5.75 Å². The van der Waals surface area contributed by atoms with Gasteiger partial charge in [0.2, 0.25) is 5.91 Å². The van der Waals surface area contributed by atoms with Gasteiger partial charge < -0.3 is 9.64 Å². The topological polar surface area (TPSA) is 69.4 Å². The summed E-state index contributed by atoms with van der Waals surface area (Å²) in [4.78, 5) is 27.1. The zero-order valence-electron chi connectivity index (χ0n) is 16.5. The second-order valence-corrected chi connectivity index (χ2v) is 7.43. The van der Waals surface area contributed by atoms with Crippen molar-refractivity contribution in [1.29, 1.82) is 0 Å². The van der Waals surface area contributed by atoms with Crippen molar-refractivity contribution in [2.75, 3.05) is 20.2 Å². The zero-order valence-corrected chi connectivity index (χ0v) is 16.5. The van der Waals surface area contributed by atoms with Gasteiger partial charge in [-0.3, -0.25) is 9.36 Å². The smallest absolute Gasteiger partial charge is 0.345 e. The Bertz CT molecular complexity index is 851. The molecule has 1 atom stereocenters. The van der Waals surface area contributed by atoms with Crippen LogP contribution in [-0.2, 0) is 18.3 Å². The molecule has 1 saturated heterocycles. The molecule has 27 heavy (non-hydrogen) atoms. The minimum absolute atomic E-state index is 0.0478. The van der Waals surface area contributed by atoms with Crippen molar-refractivity contribution >= 4 is 5.91 Å². The maximum Gasteiger partial charge on any atom is 0.345 e. The highest BCUT2D eigenvalue weighted by Crippen LogP contribution is 2.27. The molecule has 0 bridgehead atoms. The van der Waals surface area contributed by atoms with E-state index in [1.165, 1.54) is 4.68 Å². The van der Waals surface area contributed by atoms with Crippen molar-refractivity contribution in [3.05, 3.63) is 46.1 Å². The van der Waals surface area contributed by atoms with E-state index in [1.807, 2.05) is 43.0 Å². The molecule has 1 aliphatic rings. The Balaban J connectivity index is 1.73. The van der Waals surface area contributed by atoms with Gasteiger partial charge in [-0.1, -0.05) is 12.1 Å². The van der Waals surface area contributed by atoms with Gasteiger partial charge >= 0.3 is 5.69 Å². The molecule has 3 rings (SSSR count). The molecule has 1 amide bonds. The predicted octanol–water partition coefficient (Wildman–Crippen LogP) is 2.12. The molecular formula is C20H28N4O3. The van der Waals surface area contributed by atoms with Crippen LogP contribution in [0.1, 0.15) is 50.0 Å². The SMILES string of the molecule is COc1ccc(CC(=O)N2CCCC(c3nn(C)c(=O)n3C(C)C)C2)cc1. The number of methoxy groups -OCH3 is 1. The van der Waals surface area contributed by atoms with Gasteiger partial charge in [0.1, 0.15) is 11.6 Å². The van der Waals surface area contributed by atoms with Crippen molar-refractivity contribution < 1.29 is 9.53 Å². The number of nitrogens with zero attached hydrogens (tertiary/aromatic N) is 4. The van der Waals surface area contributed by atoms with Crippen LogP contribution in [0.2, 0.25) is 0 Å². The first-order valence-electron chi connectivity index (χ1n) is 9.46. The second-order valence-electron chi connectivity index (χ2n) is 7.43. The zero-order chi connectivity index (χ0) is 19.6. The lowest BCUT2D eigenvalue weighted by atomic mass is 9.96. The van der Waals surface area contributed by atoms with E-state index in [0.29, 0.717) is 13.0 Å². The first kappa shape index (κ1) is 19.2. The average Bonchev–Trinajstić information content (AvgIpc) is 2.97. The van der Waals surface area contributed by atoms with Gasteiger partial charge in [0.05, 0.1) is 13.5 Å². The summed E-state index contributed by atoms with van der Waals surface area (Å²) >= 11 is 0. The van der Waals surface area contributed by atoms with Crippen molar-refractivity contribution in [3.63, 3.8) is 0 Å². The highest BCUT2D eigenvalue weighted by Gasteiger charge is 2.29. The molecule has 0 saturated carbocycles. The van der Waals surface area contributed by atoms with Crippen LogP contribution in [0, 0.1) is 0 Å². The number of piperidine rings is 1. The van der Waals surface area contributed by atoms with Gasteiger partial charge in [0.25, 0.3) is 0 Å². The minimum Gasteiger partial charge on any atom is -0.497 e. The second kappa shape index (κ2) is 7.98. The van der Waals surface area contributed by atoms with Gasteiger partial charge in [0, 0.05) is 32.1 Å². The molecule has 1 aromatic heterocycles. The number of rotatable bonds is 5. The summed E-state index contributed by atoms with van der Waals surface area (Å²) in [6, 6.07) is 7.64. The summed E-state index contributed by atoms with van der Waals surface area (Å²) in [6.07, 6.45) is 2.23. The fraction of sp³-hybridized carbons (Fsp3) is 0.550. The number of aromatic nitrogens is 3. The van der Waals surface area contributed by atoms with E-state index in [2.05, 4.69) is 5.10 Å². The van der Waals surface area contributed by atoms with Gasteiger partial charge in [-0.2, -0.15) is 5.10 Å². The Kier molecular flexibility index (Phi) is 5.68. The number of hydrogen-bond acceptors (Lipinski definition) is 4. The molecule has 0 spiro atoms. The van der Waals surface area contributed by atoms with Crippen LogP contribution in [0.5, 0.6) is 5.75 Å². The molecule has 146 valence electrons. The van der Waals surface area contributed by atoms with Crippen LogP contribution in [0.25, 0.3) is 0 Å². The number of carbonyl (C=O) groups excluding carboxylic acids is 1. The molecule has 0 aliphatic carbocycles. The third-order valence-electron chi connectivity index (χ3n) is 5.15. The Labute approximate surface area is 159 Å². The Morgan fingerprint density at radius 2 is 2.00 bits per heavy atom. The Morgan fingerprint density at radius 1 is 1.30 bits per heavy atom. The van der Waals surface area contributed by atoms with E-state index in [9.17, 15) is 9.59 Å². The molecule has 2 heterocycles. The maximum atomic E-state index is 12.8. The summed E-state index contributed by atoms with van der Waals surface area (Å²) in [5.41, 5.74) is 0.876. The lowest BCUT2D eigenvalue weighted by molar-refractivity contribution is -0.131. The normalized spacial score (nSPS) is 17.4. The summed E-state index contributed by atoms with van der Waals surface area (Å²) < 4.78 is 8.31. The first-order chi connectivity index (χ1) is 12.9. The summed E-state index contributed by atoms with van der Waals surface area (Å²) in [5.74, 6) is 1.78. The summed E-state index contributed by atoms with van der Waals surface area (Å²) in [5, 5.41) is 4.47. The van der Waals surface area contributed by atoms with Crippen LogP contribution >= 0.6 is 0 Å². The van der Waals surface area contributed by atoms with Crippen molar-refractivity contribution in [2.24, 2.45) is 7.05 Å². The fourth-order valence-corrected chi connectivity index (χ4v) is 3.71. The highest BCUT2D eigenvalue weighted by atomic mass is 16.5. The molecule has 7 nitrogen and oxygen atoms in total. The molecule has 7 heteroatoms. The average molecular weight is 372 g/mol. The first-order valence-corrected chi connectivity index (χ1v) is 9.46. The molecule has 2 aromatic rings. The Morgan fingerprint density at radius 3 is 2.63 bits per heavy atom. The minimum atomic E-state index is -0.0957. The van der Waals surface area contributed by atoms with Gasteiger partial charge in [0.15, 0.2) is 0 Å². The number of hydrogen-bond donors (Lipinski definition) is 0. The number of ether oxygens (including phenoxy) is 1. The van der Waals surface area contributed by atoms with Crippen LogP contribution in [-0.4, -0.2) is 45.4 Å². The van der Waals surface area contributed by atoms with Crippen molar-refractivity contribution in [1.82, 2.24) is 19.2 Å². The monoisotopic (exact) mass is 372 g/mol. The maximum absolute atomic E-state index is 12.8. The van der Waals surface area contributed by atoms with E-state index in [4.69, 9.17) is 4.74 Å². The molecule has 1 aromatic carbocycles. The molecule has 1 aliphatic heterocycles. The predicted molar refractivity (Wildman–Crippen MR) is 103 cm³/mol. The van der Waals surface area contributed by atoms with Crippen LogP contribution in [0.4, 0.5) is 0 Å². The number of benzene rings is 1. The van der Waals surface area contributed by atoms with Crippen LogP contribution < -0.4 is 10.4 Å². The van der Waals surface area contributed by atoms with Crippen LogP contribution in [0.15, 0.2) is 29.1 Å².